The number of hydrogen-bond acceptors (Lipinski definition) is 3. The van der Waals surface area contributed by atoms with Crippen LogP contribution in [0.4, 0.5) is 5.69 Å². The first kappa shape index (κ1) is 14.1. The van der Waals surface area contributed by atoms with Gasteiger partial charge in [-0.05, 0) is 30.9 Å². The first-order valence-electron chi connectivity index (χ1n) is 7.55. The lowest BCUT2D eigenvalue weighted by molar-refractivity contribution is -0.130. The topological polar surface area (TPSA) is 75.4 Å². The highest BCUT2D eigenvalue weighted by Gasteiger charge is 2.28. The highest BCUT2D eigenvalue weighted by molar-refractivity contribution is 5.96. The highest BCUT2D eigenvalue weighted by Crippen LogP contribution is 2.27. The zero-order valence-corrected chi connectivity index (χ0v) is 12.0. The van der Waals surface area contributed by atoms with Gasteiger partial charge in [-0.2, -0.15) is 0 Å². The number of hydrogen-bond donors (Lipinski definition) is 2. The summed E-state index contributed by atoms with van der Waals surface area (Å²) in [6, 6.07) is 7.95. The highest BCUT2D eigenvalue weighted by atomic mass is 16.2. The molecule has 0 spiro atoms. The molecule has 3 N–H and O–H groups in total. The number of nitrogens with zero attached hydrogens (tertiary/aromatic N) is 1. The van der Waals surface area contributed by atoms with Gasteiger partial charge in [-0.25, -0.2) is 0 Å². The molecule has 1 saturated heterocycles. The van der Waals surface area contributed by atoms with Crippen LogP contribution in [0.25, 0.3) is 0 Å². The van der Waals surface area contributed by atoms with Crippen molar-refractivity contribution in [3.05, 3.63) is 29.8 Å². The lowest BCUT2D eigenvalue weighted by atomic mass is 9.89. The summed E-state index contributed by atoms with van der Waals surface area (Å²) < 4.78 is 0. The molecule has 1 unspecified atom stereocenters. The van der Waals surface area contributed by atoms with Crippen molar-refractivity contribution in [3.8, 4) is 0 Å². The van der Waals surface area contributed by atoms with E-state index in [2.05, 4.69) is 5.32 Å². The zero-order valence-electron chi connectivity index (χ0n) is 12.0. The Morgan fingerprint density at radius 1 is 1.38 bits per heavy atom. The SMILES string of the molecule is N[C@@H]1CCN(C(=O)CCC2Cc3ccccc3NC2=O)C1. The van der Waals surface area contributed by atoms with Gasteiger partial charge in [0.2, 0.25) is 11.8 Å². The minimum atomic E-state index is -0.111. The van der Waals surface area contributed by atoms with E-state index in [0.717, 1.165) is 30.6 Å². The molecule has 2 aliphatic rings. The number of amides is 2. The molecule has 0 saturated carbocycles. The molecular formula is C16H21N3O2. The van der Waals surface area contributed by atoms with Crippen molar-refractivity contribution in [2.75, 3.05) is 18.4 Å². The molecule has 0 radical (unpaired) electrons. The summed E-state index contributed by atoms with van der Waals surface area (Å²) in [7, 11) is 0. The van der Waals surface area contributed by atoms with Crippen molar-refractivity contribution in [1.29, 1.82) is 0 Å². The summed E-state index contributed by atoms with van der Waals surface area (Å²) in [6.45, 7) is 1.40. The fraction of sp³-hybridized carbons (Fsp3) is 0.500. The van der Waals surface area contributed by atoms with Gasteiger partial charge in [0, 0.05) is 37.2 Å². The maximum Gasteiger partial charge on any atom is 0.227 e. The van der Waals surface area contributed by atoms with Crippen LogP contribution >= 0.6 is 0 Å². The molecule has 2 aliphatic heterocycles. The van der Waals surface area contributed by atoms with Gasteiger partial charge in [-0.3, -0.25) is 9.59 Å². The van der Waals surface area contributed by atoms with Gasteiger partial charge in [-0.1, -0.05) is 18.2 Å². The summed E-state index contributed by atoms with van der Waals surface area (Å²) in [6.07, 6.45) is 2.62. The van der Waals surface area contributed by atoms with Crippen LogP contribution in [0.1, 0.15) is 24.8 Å². The minimum absolute atomic E-state index is 0.0274. The van der Waals surface area contributed by atoms with Crippen molar-refractivity contribution in [2.24, 2.45) is 11.7 Å². The van der Waals surface area contributed by atoms with Crippen molar-refractivity contribution in [1.82, 2.24) is 4.90 Å². The fourth-order valence-corrected chi connectivity index (χ4v) is 3.12. The van der Waals surface area contributed by atoms with E-state index in [1.54, 1.807) is 0 Å². The van der Waals surface area contributed by atoms with Gasteiger partial charge in [0.05, 0.1) is 0 Å². The standard InChI is InChI=1S/C16H21N3O2/c17-13-7-8-19(10-13)15(20)6-5-12-9-11-3-1-2-4-14(11)18-16(12)21/h1-4,12-13H,5-10,17H2,(H,18,21)/t12?,13-/m1/s1. The number of fused-ring (bicyclic) bond motifs is 1. The van der Waals surface area contributed by atoms with E-state index in [1.165, 1.54) is 0 Å². The van der Waals surface area contributed by atoms with E-state index >= 15 is 0 Å². The molecule has 0 aromatic heterocycles. The first-order valence-corrected chi connectivity index (χ1v) is 7.55. The Labute approximate surface area is 124 Å². The average molecular weight is 287 g/mol. The van der Waals surface area contributed by atoms with E-state index in [9.17, 15) is 9.59 Å². The summed E-state index contributed by atoms with van der Waals surface area (Å²) in [5, 5.41) is 2.93. The van der Waals surface area contributed by atoms with Crippen LogP contribution in [0.3, 0.4) is 0 Å². The number of carbonyl (C=O) groups is 2. The van der Waals surface area contributed by atoms with Crippen molar-refractivity contribution in [3.63, 3.8) is 0 Å². The van der Waals surface area contributed by atoms with E-state index < -0.39 is 0 Å². The molecule has 2 heterocycles. The van der Waals surface area contributed by atoms with Crippen LogP contribution < -0.4 is 11.1 Å². The Kier molecular flexibility index (Phi) is 3.92. The first-order chi connectivity index (χ1) is 10.1. The third-order valence-corrected chi connectivity index (χ3v) is 4.40. The normalized spacial score (nSPS) is 24.6. The fourth-order valence-electron chi connectivity index (χ4n) is 3.12. The lowest BCUT2D eigenvalue weighted by Crippen LogP contribution is -2.34. The molecular weight excluding hydrogens is 266 g/mol. The van der Waals surface area contributed by atoms with Gasteiger partial charge in [-0.15, -0.1) is 0 Å². The van der Waals surface area contributed by atoms with Gasteiger partial charge >= 0.3 is 0 Å². The molecule has 112 valence electrons. The molecule has 1 aromatic rings. The summed E-state index contributed by atoms with van der Waals surface area (Å²) in [5.74, 6) is 0.0364. The van der Waals surface area contributed by atoms with Crippen LogP contribution in [-0.4, -0.2) is 35.8 Å². The number of benzene rings is 1. The smallest absolute Gasteiger partial charge is 0.227 e. The third-order valence-electron chi connectivity index (χ3n) is 4.40. The Morgan fingerprint density at radius 2 is 2.19 bits per heavy atom. The molecule has 2 amide bonds. The van der Waals surface area contributed by atoms with Crippen LogP contribution in [0, 0.1) is 5.92 Å². The summed E-state index contributed by atoms with van der Waals surface area (Å²) in [4.78, 5) is 26.0. The van der Waals surface area contributed by atoms with Gasteiger partial charge < -0.3 is 16.0 Å². The Hall–Kier alpha value is -1.88. The van der Waals surface area contributed by atoms with E-state index in [4.69, 9.17) is 5.73 Å². The predicted molar refractivity (Wildman–Crippen MR) is 80.7 cm³/mol. The average Bonchev–Trinajstić information content (AvgIpc) is 2.91. The second-order valence-corrected chi connectivity index (χ2v) is 5.97. The molecule has 0 bridgehead atoms. The molecule has 2 atom stereocenters. The van der Waals surface area contributed by atoms with Crippen LogP contribution in [0.15, 0.2) is 24.3 Å². The van der Waals surface area contributed by atoms with Crippen molar-refractivity contribution < 1.29 is 9.59 Å². The predicted octanol–water partition coefficient (Wildman–Crippen LogP) is 1.14. The van der Waals surface area contributed by atoms with Gasteiger partial charge in [0.15, 0.2) is 0 Å². The van der Waals surface area contributed by atoms with Gasteiger partial charge in [0.1, 0.15) is 0 Å². The maximum atomic E-state index is 12.1. The number of nitrogens with two attached hydrogens (primary N) is 1. The molecule has 1 aromatic carbocycles. The molecule has 1 fully saturated rings. The van der Waals surface area contributed by atoms with Crippen molar-refractivity contribution >= 4 is 17.5 Å². The number of para-hydroxylation sites is 1. The number of likely N-dealkylation sites (tertiary alicyclic amines) is 1. The van der Waals surface area contributed by atoms with Crippen LogP contribution in [-0.2, 0) is 16.0 Å². The Bertz CT molecular complexity index is 558. The minimum Gasteiger partial charge on any atom is -0.341 e. The van der Waals surface area contributed by atoms with E-state index in [0.29, 0.717) is 19.4 Å². The second kappa shape index (κ2) is 5.85. The largest absolute Gasteiger partial charge is 0.341 e. The maximum absolute atomic E-state index is 12.1. The molecule has 0 aliphatic carbocycles. The summed E-state index contributed by atoms with van der Waals surface area (Å²) >= 11 is 0. The monoisotopic (exact) mass is 287 g/mol. The van der Waals surface area contributed by atoms with Crippen LogP contribution in [0.2, 0.25) is 0 Å². The second-order valence-electron chi connectivity index (χ2n) is 5.97. The molecule has 5 nitrogen and oxygen atoms in total. The molecule has 3 rings (SSSR count). The van der Waals surface area contributed by atoms with E-state index in [-0.39, 0.29) is 23.8 Å². The Balaban J connectivity index is 1.56. The zero-order chi connectivity index (χ0) is 14.8. The number of carbonyl (C=O) groups excluding carboxylic acids is 2. The summed E-state index contributed by atoms with van der Waals surface area (Å²) in [5.41, 5.74) is 7.87. The van der Waals surface area contributed by atoms with E-state index in [1.807, 2.05) is 29.2 Å². The van der Waals surface area contributed by atoms with Crippen molar-refractivity contribution in [2.45, 2.75) is 31.7 Å². The number of anilines is 1. The Morgan fingerprint density at radius 3 is 2.95 bits per heavy atom. The quantitative estimate of drug-likeness (QED) is 0.875. The number of nitrogens with one attached hydrogen (secondary N) is 1. The van der Waals surface area contributed by atoms with Gasteiger partial charge in [0.25, 0.3) is 0 Å². The number of rotatable bonds is 3. The molecule has 5 heteroatoms. The lowest BCUT2D eigenvalue weighted by Gasteiger charge is -2.25. The third kappa shape index (κ3) is 3.08. The van der Waals surface area contributed by atoms with Crippen LogP contribution in [0.5, 0.6) is 0 Å². The molecule has 21 heavy (non-hydrogen) atoms.